The number of carbonyl (C=O) groups excluding carboxylic acids is 3. The van der Waals surface area contributed by atoms with E-state index in [0.29, 0.717) is 15.1 Å². The van der Waals surface area contributed by atoms with Crippen molar-refractivity contribution in [1.29, 1.82) is 0 Å². The third-order valence-electron chi connectivity index (χ3n) is 4.22. The molecule has 0 heterocycles. The highest BCUT2D eigenvalue weighted by atomic mass is 79.9. The molecule has 0 bridgehead atoms. The summed E-state index contributed by atoms with van der Waals surface area (Å²) in [7, 11) is 1.39. The van der Waals surface area contributed by atoms with Crippen LogP contribution in [0.25, 0.3) is 0 Å². The number of esters is 1. The highest BCUT2D eigenvalue weighted by molar-refractivity contribution is 9.10. The zero-order valence-electron chi connectivity index (χ0n) is 17.5. The van der Waals surface area contributed by atoms with Gasteiger partial charge in [0, 0.05) is 9.50 Å². The third kappa shape index (κ3) is 6.63. The fraction of sp³-hybridized carbons (Fsp3) is 0.0435. The van der Waals surface area contributed by atoms with Gasteiger partial charge in [-0.3, -0.25) is 9.59 Å². The molecule has 0 unspecified atom stereocenters. The summed E-state index contributed by atoms with van der Waals surface area (Å²) in [6.45, 7) is 0. The largest absolute Gasteiger partial charge is 0.493 e. The number of halogens is 3. The quantitative estimate of drug-likeness (QED) is 0.154. The van der Waals surface area contributed by atoms with Crippen molar-refractivity contribution in [2.75, 3.05) is 12.4 Å². The molecule has 2 N–H and O–H groups in total. The van der Waals surface area contributed by atoms with E-state index < -0.39 is 23.6 Å². The second-order valence-electron chi connectivity index (χ2n) is 6.59. The molecule has 0 aliphatic heterocycles. The lowest BCUT2D eigenvalue weighted by Gasteiger charge is -2.10. The molecule has 11 heteroatoms. The van der Waals surface area contributed by atoms with Crippen molar-refractivity contribution in [2.24, 2.45) is 5.10 Å². The van der Waals surface area contributed by atoms with Gasteiger partial charge in [0.15, 0.2) is 11.5 Å². The van der Waals surface area contributed by atoms with Crippen molar-refractivity contribution in [3.63, 3.8) is 0 Å². The lowest BCUT2D eigenvalue weighted by atomic mass is 10.2. The van der Waals surface area contributed by atoms with E-state index in [9.17, 15) is 18.8 Å². The first kappa shape index (κ1) is 24.9. The van der Waals surface area contributed by atoms with E-state index in [-0.39, 0.29) is 22.7 Å². The van der Waals surface area contributed by atoms with Gasteiger partial charge in [-0.1, -0.05) is 33.6 Å². The molecule has 0 spiro atoms. The SMILES string of the molecule is COc1cc(/C=N/NC(=O)C(=O)Nc2ccc(Br)cc2F)ccc1OC(=O)c1cccc(Cl)c1. The molecule has 0 aromatic heterocycles. The Labute approximate surface area is 206 Å². The first-order valence-corrected chi connectivity index (χ1v) is 10.7. The number of hydrazone groups is 1. The summed E-state index contributed by atoms with van der Waals surface area (Å²) in [4.78, 5) is 36.2. The molecule has 0 saturated carbocycles. The van der Waals surface area contributed by atoms with Gasteiger partial charge in [0.1, 0.15) is 5.82 Å². The fourth-order valence-electron chi connectivity index (χ4n) is 2.61. The van der Waals surface area contributed by atoms with Crippen LogP contribution < -0.4 is 20.2 Å². The van der Waals surface area contributed by atoms with E-state index >= 15 is 0 Å². The predicted molar refractivity (Wildman–Crippen MR) is 128 cm³/mol. The number of nitrogens with one attached hydrogen (secondary N) is 2. The Kier molecular flexibility index (Phi) is 8.34. The molecule has 3 aromatic carbocycles. The van der Waals surface area contributed by atoms with Crippen molar-refractivity contribution >= 4 is 57.2 Å². The molecule has 174 valence electrons. The van der Waals surface area contributed by atoms with Crippen molar-refractivity contribution in [3.05, 3.63) is 87.1 Å². The number of anilines is 1. The molecular formula is C23H16BrClFN3O5. The average molecular weight is 549 g/mol. The number of rotatable bonds is 6. The molecule has 3 rings (SSSR count). The van der Waals surface area contributed by atoms with Crippen LogP contribution in [0.1, 0.15) is 15.9 Å². The predicted octanol–water partition coefficient (Wildman–Crippen LogP) is 4.56. The second kappa shape index (κ2) is 11.4. The minimum atomic E-state index is -1.10. The van der Waals surface area contributed by atoms with Crippen molar-refractivity contribution in [1.82, 2.24) is 5.43 Å². The van der Waals surface area contributed by atoms with Gasteiger partial charge in [-0.05, 0) is 60.2 Å². The fourth-order valence-corrected chi connectivity index (χ4v) is 3.13. The molecular weight excluding hydrogens is 533 g/mol. The van der Waals surface area contributed by atoms with E-state index in [2.05, 4.69) is 26.3 Å². The molecule has 0 saturated heterocycles. The molecule has 8 nitrogen and oxygen atoms in total. The van der Waals surface area contributed by atoms with Crippen molar-refractivity contribution < 1.29 is 28.2 Å². The van der Waals surface area contributed by atoms with E-state index in [0.717, 1.165) is 6.07 Å². The third-order valence-corrected chi connectivity index (χ3v) is 4.94. The lowest BCUT2D eigenvalue weighted by molar-refractivity contribution is -0.136. The van der Waals surface area contributed by atoms with Crippen molar-refractivity contribution in [3.8, 4) is 11.5 Å². The number of nitrogens with zero attached hydrogens (tertiary/aromatic N) is 1. The van der Waals surface area contributed by atoms with Crippen LogP contribution in [0, 0.1) is 5.82 Å². The minimum Gasteiger partial charge on any atom is -0.493 e. The molecule has 3 aromatic rings. The Balaban J connectivity index is 1.61. The van der Waals surface area contributed by atoms with Crippen LogP contribution in [0.2, 0.25) is 5.02 Å². The Morgan fingerprint density at radius 1 is 1.03 bits per heavy atom. The monoisotopic (exact) mass is 547 g/mol. The first-order valence-electron chi connectivity index (χ1n) is 9.52. The highest BCUT2D eigenvalue weighted by Crippen LogP contribution is 2.28. The molecule has 2 amide bonds. The van der Waals surface area contributed by atoms with E-state index in [4.69, 9.17) is 21.1 Å². The van der Waals surface area contributed by atoms with Gasteiger partial charge >= 0.3 is 17.8 Å². The van der Waals surface area contributed by atoms with Crippen LogP contribution in [-0.4, -0.2) is 31.1 Å². The van der Waals surface area contributed by atoms with Gasteiger partial charge < -0.3 is 14.8 Å². The Morgan fingerprint density at radius 3 is 2.53 bits per heavy atom. The maximum atomic E-state index is 13.8. The Morgan fingerprint density at radius 2 is 1.82 bits per heavy atom. The topological polar surface area (TPSA) is 106 Å². The lowest BCUT2D eigenvalue weighted by Crippen LogP contribution is -2.32. The molecule has 0 aliphatic rings. The number of benzene rings is 3. The van der Waals surface area contributed by atoms with Crippen LogP contribution >= 0.6 is 27.5 Å². The van der Waals surface area contributed by atoms with Crippen LogP contribution in [0.5, 0.6) is 11.5 Å². The van der Waals surface area contributed by atoms with Gasteiger partial charge in [-0.2, -0.15) is 5.10 Å². The zero-order valence-corrected chi connectivity index (χ0v) is 19.8. The van der Waals surface area contributed by atoms with E-state index in [1.54, 1.807) is 24.3 Å². The summed E-state index contributed by atoms with van der Waals surface area (Å²) >= 11 is 8.99. The number of hydrogen-bond acceptors (Lipinski definition) is 6. The highest BCUT2D eigenvalue weighted by Gasteiger charge is 2.16. The van der Waals surface area contributed by atoms with Gasteiger partial charge in [0.05, 0.1) is 24.6 Å². The van der Waals surface area contributed by atoms with Crippen LogP contribution in [0.4, 0.5) is 10.1 Å². The van der Waals surface area contributed by atoms with Gasteiger partial charge in [-0.15, -0.1) is 0 Å². The molecule has 34 heavy (non-hydrogen) atoms. The maximum absolute atomic E-state index is 13.8. The van der Waals surface area contributed by atoms with Crippen LogP contribution in [0.15, 0.2) is 70.2 Å². The minimum absolute atomic E-state index is 0.153. The zero-order chi connectivity index (χ0) is 24.7. The van der Waals surface area contributed by atoms with E-state index in [1.165, 1.54) is 43.7 Å². The summed E-state index contributed by atoms with van der Waals surface area (Å²) in [6.07, 6.45) is 1.25. The maximum Gasteiger partial charge on any atom is 0.343 e. The molecule has 0 fully saturated rings. The Hall–Kier alpha value is -3.76. The van der Waals surface area contributed by atoms with Crippen molar-refractivity contribution in [2.45, 2.75) is 0 Å². The standard InChI is InChI=1S/C23H16BrClFN3O5/c1-33-20-9-13(5-8-19(20)34-23(32)14-3-2-4-16(25)10-14)12-27-29-22(31)21(30)28-18-7-6-15(24)11-17(18)26/h2-12H,1H3,(H,28,30)(H,29,31)/b27-12+. The van der Waals surface area contributed by atoms with Gasteiger partial charge in [0.2, 0.25) is 0 Å². The molecule has 0 radical (unpaired) electrons. The summed E-state index contributed by atoms with van der Waals surface area (Å²) < 4.78 is 24.9. The van der Waals surface area contributed by atoms with Gasteiger partial charge in [-0.25, -0.2) is 14.6 Å². The average Bonchev–Trinajstić information content (AvgIpc) is 2.81. The summed E-state index contributed by atoms with van der Waals surface area (Å²) in [6, 6.07) is 14.8. The molecule has 0 aliphatic carbocycles. The van der Waals surface area contributed by atoms with E-state index in [1.807, 2.05) is 5.43 Å². The normalized spacial score (nSPS) is 10.6. The molecule has 0 atom stereocenters. The Bertz CT molecular complexity index is 1290. The summed E-state index contributed by atoms with van der Waals surface area (Å²) in [5, 5.41) is 6.24. The summed E-state index contributed by atoms with van der Waals surface area (Å²) in [5.41, 5.74) is 2.63. The number of carbonyl (C=O) groups is 3. The van der Waals surface area contributed by atoms with Crippen LogP contribution in [-0.2, 0) is 9.59 Å². The van der Waals surface area contributed by atoms with Gasteiger partial charge in [0.25, 0.3) is 0 Å². The van der Waals surface area contributed by atoms with Crippen LogP contribution in [0.3, 0.4) is 0 Å². The number of hydrogen-bond donors (Lipinski definition) is 2. The smallest absolute Gasteiger partial charge is 0.343 e. The summed E-state index contributed by atoms with van der Waals surface area (Å²) in [5.74, 6) is -3.14. The number of ether oxygens (including phenoxy) is 2. The number of methoxy groups -OCH3 is 1. The second-order valence-corrected chi connectivity index (χ2v) is 7.94. The number of amides is 2. The first-order chi connectivity index (χ1) is 16.3.